The molecule has 2 unspecified atom stereocenters. The van der Waals surface area contributed by atoms with Gasteiger partial charge in [0.1, 0.15) is 5.75 Å². The van der Waals surface area contributed by atoms with E-state index in [1.165, 1.54) is 4.90 Å². The van der Waals surface area contributed by atoms with Crippen molar-refractivity contribution in [1.29, 1.82) is 0 Å². The van der Waals surface area contributed by atoms with Gasteiger partial charge in [-0.05, 0) is 42.8 Å². The third-order valence-corrected chi connectivity index (χ3v) is 5.45. The summed E-state index contributed by atoms with van der Waals surface area (Å²) in [5.41, 5.74) is -1.23. The maximum absolute atomic E-state index is 13.4. The largest absolute Gasteiger partial charge is 0.493 e. The minimum absolute atomic E-state index is 0.0111. The van der Waals surface area contributed by atoms with Gasteiger partial charge in [0.05, 0.1) is 12.0 Å². The van der Waals surface area contributed by atoms with E-state index < -0.39 is 17.7 Å². The molecule has 2 aromatic carbocycles. The molecule has 0 radical (unpaired) electrons. The number of nitrogens with zero attached hydrogens (tertiary/aromatic N) is 1. The number of rotatable bonds is 5. The smallest absolute Gasteiger partial charge is 0.415 e. The third kappa shape index (κ3) is 4.50. The summed E-state index contributed by atoms with van der Waals surface area (Å²) in [5, 5.41) is 10.1. The number of carbonyl (C=O) groups excluding carboxylic acids is 1. The molecule has 1 amide bonds. The zero-order valence-electron chi connectivity index (χ0n) is 14.8. The average Bonchev–Trinajstić information content (AvgIpc) is 3.12. The van der Waals surface area contributed by atoms with E-state index in [2.05, 4.69) is 15.9 Å². The number of likely N-dealkylation sites (tertiary alicyclic amines) is 1. The number of alkyl halides is 3. The van der Waals surface area contributed by atoms with E-state index in [1.807, 2.05) is 0 Å². The molecule has 1 heterocycles. The highest BCUT2D eigenvalue weighted by Gasteiger charge is 2.56. The summed E-state index contributed by atoms with van der Waals surface area (Å²) in [4.78, 5) is 14.0. The number of ether oxygens (including phenoxy) is 1. The van der Waals surface area contributed by atoms with Crippen LogP contribution in [0.3, 0.4) is 0 Å². The molecule has 1 saturated heterocycles. The molecule has 2 atom stereocenters. The van der Waals surface area contributed by atoms with E-state index in [4.69, 9.17) is 4.74 Å². The molecule has 0 aromatic heterocycles. The zero-order chi connectivity index (χ0) is 20.4. The lowest BCUT2D eigenvalue weighted by atomic mass is 9.81. The second-order valence-corrected chi connectivity index (χ2v) is 7.81. The first-order chi connectivity index (χ1) is 13.2. The molecule has 1 aliphatic rings. The van der Waals surface area contributed by atoms with Crippen LogP contribution < -0.4 is 4.74 Å². The van der Waals surface area contributed by atoms with E-state index in [0.717, 1.165) is 4.47 Å². The topological polar surface area (TPSA) is 49.8 Å². The number of amides is 1. The quantitative estimate of drug-likeness (QED) is 0.728. The van der Waals surface area contributed by atoms with Gasteiger partial charge in [-0.1, -0.05) is 34.1 Å². The Kier molecular flexibility index (Phi) is 6.00. The average molecular weight is 458 g/mol. The van der Waals surface area contributed by atoms with Crippen molar-refractivity contribution in [3.8, 4) is 5.75 Å². The van der Waals surface area contributed by atoms with E-state index >= 15 is 0 Å². The number of benzene rings is 2. The predicted molar refractivity (Wildman–Crippen MR) is 101 cm³/mol. The summed E-state index contributed by atoms with van der Waals surface area (Å²) in [6.07, 6.45) is -7.42. The zero-order valence-corrected chi connectivity index (χ0v) is 16.4. The Morgan fingerprint density at radius 1 is 1.18 bits per heavy atom. The van der Waals surface area contributed by atoms with E-state index in [1.54, 1.807) is 54.6 Å². The van der Waals surface area contributed by atoms with Crippen molar-refractivity contribution >= 4 is 21.8 Å². The summed E-state index contributed by atoms with van der Waals surface area (Å²) in [7, 11) is 0. The van der Waals surface area contributed by atoms with Crippen molar-refractivity contribution in [3.63, 3.8) is 0 Å². The molecule has 8 heteroatoms. The van der Waals surface area contributed by atoms with Crippen LogP contribution in [-0.4, -0.2) is 47.9 Å². The molecule has 28 heavy (non-hydrogen) atoms. The Bertz CT molecular complexity index is 814. The Labute approximate surface area is 169 Å². The lowest BCUT2D eigenvalue weighted by Crippen LogP contribution is -2.50. The second kappa shape index (κ2) is 8.13. The fourth-order valence-corrected chi connectivity index (χ4v) is 3.62. The van der Waals surface area contributed by atoms with Gasteiger partial charge < -0.3 is 14.7 Å². The molecular formula is C20H19BrF3NO3. The normalized spacial score (nSPS) is 20.8. The van der Waals surface area contributed by atoms with Gasteiger partial charge >= 0.3 is 6.18 Å². The van der Waals surface area contributed by atoms with Gasteiger partial charge in [-0.15, -0.1) is 0 Å². The fraction of sp³-hybridized carbons (Fsp3) is 0.350. The summed E-state index contributed by atoms with van der Waals surface area (Å²) in [6, 6.07) is 15.0. The van der Waals surface area contributed by atoms with Crippen LogP contribution in [0.5, 0.6) is 5.75 Å². The number of halogens is 4. The summed E-state index contributed by atoms with van der Waals surface area (Å²) in [5.74, 6) is 0.0327. The van der Waals surface area contributed by atoms with Crippen molar-refractivity contribution in [2.24, 2.45) is 5.41 Å². The first-order valence-corrected chi connectivity index (χ1v) is 9.48. The lowest BCUT2D eigenvalue weighted by molar-refractivity contribution is -0.241. The fourth-order valence-electron chi connectivity index (χ4n) is 3.36. The molecule has 3 rings (SSSR count). The van der Waals surface area contributed by atoms with Crippen LogP contribution >= 0.6 is 15.9 Å². The van der Waals surface area contributed by atoms with Gasteiger partial charge in [0.15, 0.2) is 6.10 Å². The van der Waals surface area contributed by atoms with Crippen LogP contribution in [0.4, 0.5) is 13.2 Å². The second-order valence-electron chi connectivity index (χ2n) is 6.89. The molecule has 0 bridgehead atoms. The maximum atomic E-state index is 13.4. The van der Waals surface area contributed by atoms with Gasteiger partial charge in [-0.2, -0.15) is 13.2 Å². The van der Waals surface area contributed by atoms with Crippen LogP contribution in [-0.2, 0) is 0 Å². The van der Waals surface area contributed by atoms with Gasteiger partial charge in [0.25, 0.3) is 5.91 Å². The minimum Gasteiger partial charge on any atom is -0.493 e. The van der Waals surface area contributed by atoms with Crippen molar-refractivity contribution in [2.45, 2.75) is 18.7 Å². The molecular weight excluding hydrogens is 439 g/mol. The molecule has 1 N–H and O–H groups in total. The Balaban J connectivity index is 1.80. The molecule has 0 aliphatic carbocycles. The number of aliphatic hydroxyl groups excluding tert-OH is 1. The Morgan fingerprint density at radius 3 is 2.43 bits per heavy atom. The molecule has 0 spiro atoms. The van der Waals surface area contributed by atoms with Gasteiger partial charge in [-0.3, -0.25) is 4.79 Å². The third-order valence-electron chi connectivity index (χ3n) is 4.92. The van der Waals surface area contributed by atoms with Crippen LogP contribution in [0.25, 0.3) is 0 Å². The number of aliphatic hydroxyl groups is 1. The molecule has 1 aliphatic heterocycles. The summed E-state index contributed by atoms with van der Waals surface area (Å²) >= 11 is 3.28. The monoisotopic (exact) mass is 457 g/mol. The minimum atomic E-state index is -4.81. The highest BCUT2D eigenvalue weighted by Crippen LogP contribution is 2.42. The number of hydrogen-bond donors (Lipinski definition) is 1. The molecule has 0 saturated carbocycles. The number of carbonyl (C=O) groups is 1. The molecule has 2 aromatic rings. The van der Waals surface area contributed by atoms with Crippen molar-refractivity contribution < 1.29 is 27.8 Å². The van der Waals surface area contributed by atoms with E-state index in [-0.39, 0.29) is 32.0 Å². The Morgan fingerprint density at radius 2 is 1.82 bits per heavy atom. The van der Waals surface area contributed by atoms with Crippen LogP contribution in [0, 0.1) is 5.41 Å². The predicted octanol–water partition coefficient (Wildman–Crippen LogP) is 4.28. The van der Waals surface area contributed by atoms with Crippen molar-refractivity contribution in [2.75, 3.05) is 19.7 Å². The first kappa shape index (κ1) is 20.7. The van der Waals surface area contributed by atoms with Gasteiger partial charge in [0.2, 0.25) is 0 Å². The molecule has 4 nitrogen and oxygen atoms in total. The SMILES string of the molecule is O=C(c1ccccc1)N1CCC(COc2ccc(Br)cc2)(C(O)C(F)(F)F)C1. The van der Waals surface area contributed by atoms with Crippen LogP contribution in [0.1, 0.15) is 16.8 Å². The van der Waals surface area contributed by atoms with E-state index in [0.29, 0.717) is 11.3 Å². The van der Waals surface area contributed by atoms with E-state index in [9.17, 15) is 23.1 Å². The van der Waals surface area contributed by atoms with Crippen molar-refractivity contribution in [3.05, 3.63) is 64.6 Å². The highest BCUT2D eigenvalue weighted by molar-refractivity contribution is 9.10. The summed E-state index contributed by atoms with van der Waals surface area (Å²) < 4.78 is 46.5. The van der Waals surface area contributed by atoms with Crippen LogP contribution in [0.2, 0.25) is 0 Å². The maximum Gasteiger partial charge on any atom is 0.415 e. The molecule has 1 fully saturated rings. The highest BCUT2D eigenvalue weighted by atomic mass is 79.9. The molecule has 150 valence electrons. The van der Waals surface area contributed by atoms with Crippen LogP contribution in [0.15, 0.2) is 59.1 Å². The lowest BCUT2D eigenvalue weighted by Gasteiger charge is -2.35. The first-order valence-electron chi connectivity index (χ1n) is 8.69. The van der Waals surface area contributed by atoms with Gasteiger partial charge in [0, 0.05) is 23.1 Å². The standard InChI is InChI=1S/C20H19BrF3NO3/c21-15-6-8-16(9-7-15)28-13-19(18(27)20(22,23)24)10-11-25(12-19)17(26)14-4-2-1-3-5-14/h1-9,18,27H,10-13H2. The number of hydrogen-bond acceptors (Lipinski definition) is 3. The summed E-state index contributed by atoms with van der Waals surface area (Å²) in [6.45, 7) is -0.476. The van der Waals surface area contributed by atoms with Crippen molar-refractivity contribution in [1.82, 2.24) is 4.90 Å². The Hall–Kier alpha value is -2.06. The van der Waals surface area contributed by atoms with Gasteiger partial charge in [-0.25, -0.2) is 0 Å².